The van der Waals surface area contributed by atoms with Gasteiger partial charge in [-0.3, -0.25) is 29.0 Å². The Labute approximate surface area is 515 Å². The number of carbonyl (C=O) groups excluding carboxylic acids is 4. The Balaban J connectivity index is 0.000000213. The molecular weight excluding hydrogens is 1180 g/mol. The number of hydrogen-bond acceptors (Lipinski definition) is 14. The van der Waals surface area contributed by atoms with Crippen molar-refractivity contribution in [3.63, 3.8) is 0 Å². The molecule has 4 atom stereocenters. The Bertz CT molecular complexity index is 3660. The van der Waals surface area contributed by atoms with Crippen molar-refractivity contribution in [2.24, 2.45) is 0 Å². The fourth-order valence-electron chi connectivity index (χ4n) is 11.8. The highest BCUT2D eigenvalue weighted by Crippen LogP contribution is 2.40. The highest BCUT2D eigenvalue weighted by atomic mass is 19.4. The average molecular weight is 1250 g/mol. The van der Waals surface area contributed by atoms with Crippen molar-refractivity contribution in [2.75, 3.05) is 66.7 Å². The molecule has 2 aliphatic rings. The molecule has 4 aromatic carbocycles. The first-order valence-electron chi connectivity index (χ1n) is 29.0. The maximum Gasteiger partial charge on any atom is 0.433 e. The van der Waals surface area contributed by atoms with E-state index in [1.165, 1.54) is 41.9 Å². The SMILES string of the molecule is COc1ccc(-c2nc3c(C(=O)N4CCN([C@@H](CO)c5cccc(CNC(C)=O)c5)C[C@H]4C)cnn3c(C(F)(F)F)c2C)cc1.COc1ccc(-c2nc3c(C(=O)N4CCN([C@H](CO)c5cccc(CNC(C)=O)c5)C[C@H]4C)cnn3c(C(F)(F)F)c2C)cc1. The molecule has 2 aliphatic heterocycles. The minimum absolute atomic E-state index is 0.0278. The lowest BCUT2D eigenvalue weighted by atomic mass is 10.0. The molecule has 4 N–H and O–H groups in total. The number of methoxy groups -OCH3 is 2. The molecule has 2 fully saturated rings. The lowest BCUT2D eigenvalue weighted by Gasteiger charge is -2.43. The Kier molecular flexibility index (Phi) is 19.9. The molecule has 8 aromatic rings. The quantitative estimate of drug-likeness (QED) is 0.0666. The first-order valence-corrected chi connectivity index (χ1v) is 29.0. The number of alkyl halides is 6. The molecule has 10 rings (SSSR count). The maximum atomic E-state index is 14.4. The van der Waals surface area contributed by atoms with E-state index in [4.69, 9.17) is 9.47 Å². The van der Waals surface area contributed by atoms with E-state index in [2.05, 4.69) is 40.6 Å². The number of rotatable bonds is 16. The minimum atomic E-state index is -4.75. The first-order chi connectivity index (χ1) is 42.8. The number of benzene rings is 4. The summed E-state index contributed by atoms with van der Waals surface area (Å²) in [4.78, 5) is 66.9. The summed E-state index contributed by atoms with van der Waals surface area (Å²) in [5, 5.41) is 34.1. The Morgan fingerprint density at radius 2 is 0.944 bits per heavy atom. The number of fused-ring (bicyclic) bond motifs is 2. The summed E-state index contributed by atoms with van der Waals surface area (Å²) >= 11 is 0. The summed E-state index contributed by atoms with van der Waals surface area (Å²) in [5.74, 6) is -0.139. The third kappa shape index (κ3) is 14.1. The van der Waals surface area contributed by atoms with Gasteiger partial charge in [0.05, 0.1) is 63.3 Å². The summed E-state index contributed by atoms with van der Waals surface area (Å²) in [6, 6.07) is 26.9. The highest BCUT2D eigenvalue weighted by Gasteiger charge is 2.42. The number of piperazine rings is 2. The van der Waals surface area contributed by atoms with E-state index in [1.54, 1.807) is 58.3 Å². The number of hydrogen-bond donors (Lipinski definition) is 4. The molecule has 2 saturated heterocycles. The number of aliphatic hydroxyl groups excluding tert-OH is 2. The number of halogens is 6. The second kappa shape index (κ2) is 27.4. The maximum absolute atomic E-state index is 14.4. The highest BCUT2D eigenvalue weighted by molar-refractivity contribution is 6.01. The van der Waals surface area contributed by atoms with Gasteiger partial charge in [0.15, 0.2) is 22.7 Å². The van der Waals surface area contributed by atoms with Crippen LogP contribution in [-0.2, 0) is 35.0 Å². The van der Waals surface area contributed by atoms with E-state index in [0.717, 1.165) is 34.6 Å². The summed E-state index contributed by atoms with van der Waals surface area (Å²) in [6.45, 7) is 12.0. The Morgan fingerprint density at radius 1 is 0.578 bits per heavy atom. The van der Waals surface area contributed by atoms with Gasteiger partial charge in [0.1, 0.15) is 22.6 Å². The number of carbonyl (C=O) groups is 4. The predicted octanol–water partition coefficient (Wildman–Crippen LogP) is 8.50. The molecule has 0 unspecified atom stereocenters. The van der Waals surface area contributed by atoms with Crippen LogP contribution in [0.2, 0.25) is 0 Å². The van der Waals surface area contributed by atoms with Gasteiger partial charge in [0.2, 0.25) is 11.8 Å². The fraction of sp³-hybridized carbons (Fsp3) is 0.375. The van der Waals surface area contributed by atoms with Crippen LogP contribution in [0.1, 0.15) is 105 Å². The van der Waals surface area contributed by atoms with Crippen LogP contribution in [0.25, 0.3) is 33.8 Å². The average Bonchev–Trinajstić information content (AvgIpc) is 1.51. The molecule has 0 aliphatic carbocycles. The van der Waals surface area contributed by atoms with Crippen LogP contribution in [0.5, 0.6) is 11.5 Å². The van der Waals surface area contributed by atoms with E-state index >= 15 is 0 Å². The second-order valence-electron chi connectivity index (χ2n) is 22.3. The van der Waals surface area contributed by atoms with Gasteiger partial charge in [-0.1, -0.05) is 48.5 Å². The lowest BCUT2D eigenvalue weighted by molar-refractivity contribution is -0.144. The Morgan fingerprint density at radius 3 is 1.26 bits per heavy atom. The van der Waals surface area contributed by atoms with Crippen LogP contribution >= 0.6 is 0 Å². The van der Waals surface area contributed by atoms with Crippen molar-refractivity contribution >= 4 is 34.9 Å². The van der Waals surface area contributed by atoms with E-state index in [1.807, 2.05) is 62.4 Å². The summed E-state index contributed by atoms with van der Waals surface area (Å²) in [6.07, 6.45) is -7.21. The third-order valence-corrected chi connectivity index (χ3v) is 16.3. The smallest absolute Gasteiger partial charge is 0.433 e. The second-order valence-corrected chi connectivity index (χ2v) is 22.3. The van der Waals surface area contributed by atoms with Gasteiger partial charge in [0, 0.05) is 101 Å². The molecule has 0 bridgehead atoms. The van der Waals surface area contributed by atoms with E-state index < -0.39 is 35.6 Å². The zero-order chi connectivity index (χ0) is 64.9. The normalized spacial score (nSPS) is 16.5. The monoisotopic (exact) mass is 1250 g/mol. The predicted molar refractivity (Wildman–Crippen MR) is 321 cm³/mol. The van der Waals surface area contributed by atoms with Gasteiger partial charge in [-0.15, -0.1) is 0 Å². The van der Waals surface area contributed by atoms with Gasteiger partial charge >= 0.3 is 12.4 Å². The van der Waals surface area contributed by atoms with Crippen molar-refractivity contribution in [1.82, 2.24) is 59.4 Å². The lowest BCUT2D eigenvalue weighted by Crippen LogP contribution is -2.55. The number of aliphatic hydroxyl groups is 2. The van der Waals surface area contributed by atoms with Gasteiger partial charge in [-0.25, -0.2) is 19.0 Å². The molecule has 4 aromatic heterocycles. The topological polar surface area (TPSA) is 225 Å². The number of aromatic nitrogens is 6. The van der Waals surface area contributed by atoms with Crippen LogP contribution in [0, 0.1) is 13.8 Å². The number of ether oxygens (including phenoxy) is 2. The van der Waals surface area contributed by atoms with Crippen molar-refractivity contribution in [2.45, 2.75) is 91.2 Å². The van der Waals surface area contributed by atoms with Crippen molar-refractivity contribution < 1.29 is 65.2 Å². The molecule has 90 heavy (non-hydrogen) atoms. The van der Waals surface area contributed by atoms with E-state index in [0.29, 0.717) is 70.9 Å². The zero-order valence-corrected chi connectivity index (χ0v) is 50.9. The fourth-order valence-corrected chi connectivity index (χ4v) is 11.8. The van der Waals surface area contributed by atoms with Crippen molar-refractivity contribution in [3.05, 3.63) is 165 Å². The summed E-state index contributed by atoms with van der Waals surface area (Å²) < 4.78 is 98.0. The van der Waals surface area contributed by atoms with Crippen molar-refractivity contribution in [1.29, 1.82) is 0 Å². The van der Waals surface area contributed by atoms with Gasteiger partial charge in [-0.05, 0) is 98.5 Å². The largest absolute Gasteiger partial charge is 0.497 e. The molecule has 4 amide bonds. The number of nitrogens with one attached hydrogen (secondary N) is 2. The van der Waals surface area contributed by atoms with E-state index in [9.17, 15) is 55.7 Å². The molecule has 20 nitrogen and oxygen atoms in total. The Hall–Kier alpha value is -8.98. The van der Waals surface area contributed by atoms with Crippen LogP contribution in [0.3, 0.4) is 0 Å². The van der Waals surface area contributed by atoms with Crippen LogP contribution in [0.4, 0.5) is 26.3 Å². The summed E-state index contributed by atoms with van der Waals surface area (Å²) in [7, 11) is 2.99. The van der Waals surface area contributed by atoms with Crippen LogP contribution < -0.4 is 20.1 Å². The molecule has 476 valence electrons. The van der Waals surface area contributed by atoms with Crippen molar-refractivity contribution in [3.8, 4) is 34.0 Å². The minimum Gasteiger partial charge on any atom is -0.497 e. The van der Waals surface area contributed by atoms with Crippen LogP contribution in [0.15, 0.2) is 109 Å². The van der Waals surface area contributed by atoms with Gasteiger partial charge in [0.25, 0.3) is 11.8 Å². The molecule has 0 radical (unpaired) electrons. The third-order valence-electron chi connectivity index (χ3n) is 16.3. The number of amides is 4. The van der Waals surface area contributed by atoms with Crippen LogP contribution in [-0.4, -0.2) is 161 Å². The number of nitrogens with zero attached hydrogens (tertiary/aromatic N) is 10. The molecule has 6 heterocycles. The molecular formula is C64H70F6N12O8. The first kappa shape index (κ1) is 65.5. The zero-order valence-electron chi connectivity index (χ0n) is 50.9. The van der Waals surface area contributed by atoms with E-state index in [-0.39, 0.29) is 107 Å². The van der Waals surface area contributed by atoms with Gasteiger partial charge in [-0.2, -0.15) is 36.5 Å². The summed E-state index contributed by atoms with van der Waals surface area (Å²) in [5.41, 5.74) is 1.98. The van der Waals surface area contributed by atoms with Gasteiger partial charge < -0.3 is 40.1 Å². The standard InChI is InChI=1S/2C32H35F3N6O4/c2*1-19-17-39(27(18-42)24-7-5-6-22(14-24)15-36-21(3)43)12-13-40(19)31(44)26-16-37-41-29(32(33,34)35)20(2)28(38-30(26)41)23-8-10-25(45-4)11-9-23/h2*5-11,14,16,19,27,42H,12-13,15,17-18H2,1-4H3,(H,36,43)/t19-,27+;19-,27-/m11/s1. The molecule has 26 heteroatoms. The molecule has 0 spiro atoms. The molecule has 0 saturated carbocycles.